The minimum atomic E-state index is -1.16. The molecule has 4 atom stereocenters. The molecule has 94 valence electrons. The minimum absolute atomic E-state index is 0.153. The molecule has 0 spiro atoms. The number of hydrogen-bond acceptors (Lipinski definition) is 5. The fourth-order valence-electron chi connectivity index (χ4n) is 1.73. The number of ether oxygens (including phenoxy) is 2. The van der Waals surface area contributed by atoms with Crippen LogP contribution < -0.4 is 0 Å². The van der Waals surface area contributed by atoms with E-state index in [0.717, 1.165) is 0 Å². The smallest absolute Gasteiger partial charge is 0.338 e. The van der Waals surface area contributed by atoms with Crippen molar-refractivity contribution in [3.8, 4) is 0 Å². The minimum Gasteiger partial charge on any atom is -0.459 e. The Morgan fingerprint density at radius 3 is 2.50 bits per heavy atom. The molecule has 2 rings (SSSR count). The Morgan fingerprint density at radius 1 is 1.28 bits per heavy atom. The number of hydrogen-bond donors (Lipinski definition) is 2. The van der Waals surface area contributed by atoms with Gasteiger partial charge in [-0.1, -0.05) is 18.2 Å². The molecule has 1 saturated heterocycles. The standard InChI is InChI=1S/C12H13BO5/c13-11-10(15)9(14)8(18-11)6-17-12(16)7-4-2-1-3-5-7/h1-5,8-11,14-15H,6H2/t8-,9?,10+,11-/m1/s1. The molecule has 1 unspecified atom stereocenters. The van der Waals surface area contributed by atoms with Crippen molar-refractivity contribution >= 4 is 13.8 Å². The molecule has 18 heavy (non-hydrogen) atoms. The van der Waals surface area contributed by atoms with Gasteiger partial charge in [-0.15, -0.1) is 0 Å². The van der Waals surface area contributed by atoms with E-state index in [2.05, 4.69) is 0 Å². The number of aliphatic hydroxyl groups excluding tert-OH is 2. The molecule has 0 aromatic heterocycles. The number of rotatable bonds is 3. The summed E-state index contributed by atoms with van der Waals surface area (Å²) in [5.41, 5.74) is 0.412. The molecule has 0 amide bonds. The van der Waals surface area contributed by atoms with E-state index in [1.165, 1.54) is 0 Å². The van der Waals surface area contributed by atoms with Gasteiger partial charge < -0.3 is 19.7 Å². The van der Waals surface area contributed by atoms with Crippen molar-refractivity contribution < 1.29 is 24.5 Å². The van der Waals surface area contributed by atoms with Crippen molar-refractivity contribution in [1.82, 2.24) is 0 Å². The van der Waals surface area contributed by atoms with Crippen LogP contribution in [0.5, 0.6) is 0 Å². The maximum absolute atomic E-state index is 11.6. The number of carbonyl (C=O) groups excluding carboxylic acids is 1. The zero-order chi connectivity index (χ0) is 13.1. The van der Waals surface area contributed by atoms with Crippen molar-refractivity contribution in [1.29, 1.82) is 0 Å². The lowest BCUT2D eigenvalue weighted by Crippen LogP contribution is -2.34. The van der Waals surface area contributed by atoms with Gasteiger partial charge in [0, 0.05) is 6.00 Å². The summed E-state index contributed by atoms with van der Waals surface area (Å²) in [7, 11) is 5.40. The number of esters is 1. The lowest BCUT2D eigenvalue weighted by Gasteiger charge is -2.14. The molecule has 1 aromatic rings. The summed E-state index contributed by atoms with van der Waals surface area (Å²) in [4.78, 5) is 11.6. The Hall–Kier alpha value is -1.37. The highest BCUT2D eigenvalue weighted by molar-refractivity contribution is 6.11. The van der Waals surface area contributed by atoms with E-state index in [4.69, 9.17) is 17.3 Å². The second kappa shape index (κ2) is 5.52. The van der Waals surface area contributed by atoms with Crippen LogP contribution in [0, 0.1) is 0 Å². The molecule has 2 radical (unpaired) electrons. The fraction of sp³-hybridized carbons (Fsp3) is 0.417. The van der Waals surface area contributed by atoms with Crippen LogP contribution in [-0.2, 0) is 9.47 Å². The monoisotopic (exact) mass is 248 g/mol. The molecule has 1 aliphatic heterocycles. The van der Waals surface area contributed by atoms with Crippen LogP contribution in [0.2, 0.25) is 0 Å². The Morgan fingerprint density at radius 2 is 1.94 bits per heavy atom. The van der Waals surface area contributed by atoms with Gasteiger partial charge >= 0.3 is 5.97 Å². The summed E-state index contributed by atoms with van der Waals surface area (Å²) in [6, 6.07) is 7.51. The molecule has 6 heteroatoms. The number of aliphatic hydroxyl groups is 2. The van der Waals surface area contributed by atoms with Crippen LogP contribution in [0.3, 0.4) is 0 Å². The molecule has 0 bridgehead atoms. The van der Waals surface area contributed by atoms with Gasteiger partial charge in [-0.05, 0) is 12.1 Å². The maximum Gasteiger partial charge on any atom is 0.338 e. The second-order valence-corrected chi connectivity index (χ2v) is 4.08. The summed E-state index contributed by atoms with van der Waals surface area (Å²) in [6.45, 7) is -0.153. The van der Waals surface area contributed by atoms with E-state index in [1.54, 1.807) is 30.3 Å². The zero-order valence-corrected chi connectivity index (χ0v) is 9.60. The largest absolute Gasteiger partial charge is 0.459 e. The van der Waals surface area contributed by atoms with Gasteiger partial charge in [-0.25, -0.2) is 4.79 Å². The quantitative estimate of drug-likeness (QED) is 0.555. The molecular formula is C12H13BO5. The van der Waals surface area contributed by atoms with Gasteiger partial charge in [0.2, 0.25) is 0 Å². The van der Waals surface area contributed by atoms with Gasteiger partial charge in [0.25, 0.3) is 0 Å². The average Bonchev–Trinajstić information content (AvgIpc) is 2.64. The second-order valence-electron chi connectivity index (χ2n) is 4.08. The van der Waals surface area contributed by atoms with Crippen LogP contribution >= 0.6 is 0 Å². The van der Waals surface area contributed by atoms with Crippen LogP contribution in [0.25, 0.3) is 0 Å². The third kappa shape index (κ3) is 2.72. The molecule has 1 fully saturated rings. The topological polar surface area (TPSA) is 76.0 Å². The first-order valence-corrected chi connectivity index (χ1v) is 5.59. The molecule has 0 aliphatic carbocycles. The molecule has 1 heterocycles. The highest BCUT2D eigenvalue weighted by atomic mass is 16.6. The zero-order valence-electron chi connectivity index (χ0n) is 9.60. The fourth-order valence-corrected chi connectivity index (χ4v) is 1.73. The van der Waals surface area contributed by atoms with E-state index in [-0.39, 0.29) is 6.61 Å². The highest BCUT2D eigenvalue weighted by Gasteiger charge is 2.40. The molecular weight excluding hydrogens is 235 g/mol. The third-order valence-corrected chi connectivity index (χ3v) is 2.79. The predicted octanol–water partition coefficient (Wildman–Crippen LogP) is -0.541. The lowest BCUT2D eigenvalue weighted by molar-refractivity contribution is -0.0231. The number of benzene rings is 1. The van der Waals surface area contributed by atoms with E-state index in [9.17, 15) is 15.0 Å². The first-order valence-electron chi connectivity index (χ1n) is 5.59. The molecule has 1 aliphatic rings. The first-order chi connectivity index (χ1) is 8.59. The summed E-state index contributed by atoms with van der Waals surface area (Å²) in [5, 5.41) is 18.9. The molecule has 1 aromatic carbocycles. The van der Waals surface area contributed by atoms with Crippen molar-refractivity contribution in [2.75, 3.05) is 6.61 Å². The Bertz CT molecular complexity index is 410. The average molecular weight is 248 g/mol. The Kier molecular flexibility index (Phi) is 4.01. The Balaban J connectivity index is 1.88. The van der Waals surface area contributed by atoms with Gasteiger partial charge in [0.15, 0.2) is 0 Å². The summed E-state index contributed by atoms with van der Waals surface area (Å²) < 4.78 is 10.1. The molecule has 0 saturated carbocycles. The number of carbonyl (C=O) groups is 1. The van der Waals surface area contributed by atoms with Crippen molar-refractivity contribution in [3.63, 3.8) is 0 Å². The van der Waals surface area contributed by atoms with E-state index >= 15 is 0 Å². The third-order valence-electron chi connectivity index (χ3n) is 2.79. The van der Waals surface area contributed by atoms with Gasteiger partial charge in [0.1, 0.15) is 32.8 Å². The molecule has 5 nitrogen and oxygen atoms in total. The first kappa shape index (κ1) is 13.1. The van der Waals surface area contributed by atoms with E-state index < -0.39 is 30.3 Å². The van der Waals surface area contributed by atoms with Crippen LogP contribution in [0.4, 0.5) is 0 Å². The van der Waals surface area contributed by atoms with Gasteiger partial charge in [0.05, 0.1) is 5.56 Å². The van der Waals surface area contributed by atoms with Crippen LogP contribution in [0.15, 0.2) is 30.3 Å². The van der Waals surface area contributed by atoms with Crippen molar-refractivity contribution in [3.05, 3.63) is 35.9 Å². The normalized spacial score (nSPS) is 31.2. The van der Waals surface area contributed by atoms with Crippen molar-refractivity contribution in [2.45, 2.75) is 24.3 Å². The summed E-state index contributed by atoms with van der Waals surface area (Å²) in [6.07, 6.45) is -3.11. The van der Waals surface area contributed by atoms with Crippen LogP contribution in [-0.4, -0.2) is 55.0 Å². The van der Waals surface area contributed by atoms with Gasteiger partial charge in [-0.3, -0.25) is 0 Å². The SMILES string of the molecule is [B][C@@H]1O[C@H](COC(=O)c2ccccc2)C(O)[C@@H]1O. The Labute approximate surface area is 106 Å². The van der Waals surface area contributed by atoms with E-state index in [0.29, 0.717) is 5.56 Å². The summed E-state index contributed by atoms with van der Waals surface area (Å²) in [5.74, 6) is -0.513. The highest BCUT2D eigenvalue weighted by Crippen LogP contribution is 2.19. The van der Waals surface area contributed by atoms with Crippen LogP contribution in [0.1, 0.15) is 10.4 Å². The predicted molar refractivity (Wildman–Crippen MR) is 63.2 cm³/mol. The van der Waals surface area contributed by atoms with Crippen molar-refractivity contribution in [2.24, 2.45) is 0 Å². The summed E-state index contributed by atoms with van der Waals surface area (Å²) >= 11 is 0. The molecule has 2 N–H and O–H groups in total. The van der Waals surface area contributed by atoms with E-state index in [1.807, 2.05) is 0 Å². The maximum atomic E-state index is 11.6. The van der Waals surface area contributed by atoms with Gasteiger partial charge in [-0.2, -0.15) is 0 Å². The lowest BCUT2D eigenvalue weighted by atomic mass is 9.93.